The fourth-order valence-corrected chi connectivity index (χ4v) is 3.21. The van der Waals surface area contributed by atoms with Crippen LogP contribution in [0.5, 0.6) is 5.75 Å². The van der Waals surface area contributed by atoms with Gasteiger partial charge in [-0.1, -0.05) is 6.92 Å². The number of hydrogen-bond donors (Lipinski definition) is 1. The van der Waals surface area contributed by atoms with Crippen molar-refractivity contribution in [2.24, 2.45) is 0 Å². The number of rotatable bonds is 6. The predicted molar refractivity (Wildman–Crippen MR) is 79.2 cm³/mol. The van der Waals surface area contributed by atoms with Crippen molar-refractivity contribution in [2.45, 2.75) is 33.2 Å². The second kappa shape index (κ2) is 6.26. The van der Waals surface area contributed by atoms with Crippen LogP contribution in [-0.4, -0.2) is 13.7 Å². The highest BCUT2D eigenvalue weighted by atomic mass is 32.1. The minimum absolute atomic E-state index is 0.146. The van der Waals surface area contributed by atoms with Crippen LogP contribution in [-0.2, 0) is 0 Å². The van der Waals surface area contributed by atoms with Crippen LogP contribution in [0.2, 0.25) is 0 Å². The Bertz CT molecular complexity index is 530. The van der Waals surface area contributed by atoms with Gasteiger partial charge in [-0.25, -0.2) is 0 Å². The molecule has 2 rings (SSSR count). The molecule has 0 aliphatic rings. The van der Waals surface area contributed by atoms with Gasteiger partial charge in [0, 0.05) is 5.56 Å². The summed E-state index contributed by atoms with van der Waals surface area (Å²) in [5.41, 5.74) is 1.20. The normalized spacial score (nSPS) is 12.6. The van der Waals surface area contributed by atoms with Crippen LogP contribution < -0.4 is 10.1 Å². The standard InChI is InChI=1S/C15H21NO2S/c1-5-7-16-14(12-9-10(2)18-11(12)3)15-13(17-4)6-8-19-15/h6,8-9,14,16H,5,7H2,1-4H3. The summed E-state index contributed by atoms with van der Waals surface area (Å²) in [5, 5.41) is 5.65. The minimum atomic E-state index is 0.146. The second-order valence-electron chi connectivity index (χ2n) is 4.61. The summed E-state index contributed by atoms with van der Waals surface area (Å²) in [5.74, 6) is 2.87. The number of furan rings is 1. The first-order valence-corrected chi connectivity index (χ1v) is 7.47. The van der Waals surface area contributed by atoms with Crippen LogP contribution >= 0.6 is 11.3 Å². The van der Waals surface area contributed by atoms with Crippen LogP contribution in [0.3, 0.4) is 0 Å². The van der Waals surface area contributed by atoms with E-state index in [9.17, 15) is 0 Å². The summed E-state index contributed by atoms with van der Waals surface area (Å²) in [6.07, 6.45) is 1.10. The van der Waals surface area contributed by atoms with E-state index in [0.29, 0.717) is 0 Å². The molecule has 0 aliphatic heterocycles. The van der Waals surface area contributed by atoms with Crippen molar-refractivity contribution in [1.82, 2.24) is 5.32 Å². The monoisotopic (exact) mass is 279 g/mol. The molecular weight excluding hydrogens is 258 g/mol. The molecule has 19 heavy (non-hydrogen) atoms. The lowest BCUT2D eigenvalue weighted by Gasteiger charge is -2.18. The maximum atomic E-state index is 5.67. The second-order valence-corrected chi connectivity index (χ2v) is 5.56. The molecular formula is C15H21NO2S. The quantitative estimate of drug-likeness (QED) is 0.866. The molecule has 2 aromatic heterocycles. The Morgan fingerprint density at radius 3 is 2.79 bits per heavy atom. The van der Waals surface area contributed by atoms with Crippen LogP contribution in [0.4, 0.5) is 0 Å². The highest BCUT2D eigenvalue weighted by Crippen LogP contribution is 2.36. The van der Waals surface area contributed by atoms with Crippen molar-refractivity contribution < 1.29 is 9.15 Å². The molecule has 0 aromatic carbocycles. The maximum Gasteiger partial charge on any atom is 0.134 e. The van der Waals surface area contributed by atoms with E-state index in [2.05, 4.69) is 23.7 Å². The number of hydrogen-bond acceptors (Lipinski definition) is 4. The molecule has 0 amide bonds. The van der Waals surface area contributed by atoms with E-state index in [0.717, 1.165) is 30.2 Å². The summed E-state index contributed by atoms with van der Waals surface area (Å²) in [6.45, 7) is 7.14. The molecule has 104 valence electrons. The third-order valence-corrected chi connectivity index (χ3v) is 4.09. The van der Waals surface area contributed by atoms with Gasteiger partial charge in [-0.15, -0.1) is 11.3 Å². The Morgan fingerprint density at radius 2 is 2.21 bits per heavy atom. The van der Waals surface area contributed by atoms with Crippen molar-refractivity contribution >= 4 is 11.3 Å². The maximum absolute atomic E-state index is 5.67. The van der Waals surface area contributed by atoms with E-state index >= 15 is 0 Å². The molecule has 0 aliphatic carbocycles. The molecule has 2 aromatic rings. The number of methoxy groups -OCH3 is 1. The average Bonchev–Trinajstić information content (AvgIpc) is 2.97. The number of thiophene rings is 1. The molecule has 0 saturated carbocycles. The molecule has 2 heterocycles. The number of aryl methyl sites for hydroxylation is 2. The molecule has 1 atom stereocenters. The first-order chi connectivity index (χ1) is 9.17. The fraction of sp³-hybridized carbons (Fsp3) is 0.467. The number of nitrogens with one attached hydrogen (secondary N) is 1. The molecule has 1 N–H and O–H groups in total. The fourth-order valence-electron chi connectivity index (χ4n) is 2.26. The van der Waals surface area contributed by atoms with E-state index < -0.39 is 0 Å². The third kappa shape index (κ3) is 3.01. The van der Waals surface area contributed by atoms with Crippen molar-refractivity contribution in [3.63, 3.8) is 0 Å². The van der Waals surface area contributed by atoms with Crippen LogP contribution in [0, 0.1) is 13.8 Å². The van der Waals surface area contributed by atoms with Gasteiger partial charge in [-0.3, -0.25) is 0 Å². The lowest BCUT2D eigenvalue weighted by atomic mass is 10.1. The zero-order valence-electron chi connectivity index (χ0n) is 11.9. The summed E-state index contributed by atoms with van der Waals surface area (Å²) in [4.78, 5) is 1.21. The van der Waals surface area contributed by atoms with Crippen molar-refractivity contribution in [3.05, 3.63) is 39.5 Å². The molecule has 4 heteroatoms. The zero-order chi connectivity index (χ0) is 13.8. The summed E-state index contributed by atoms with van der Waals surface area (Å²) in [6, 6.07) is 4.28. The molecule has 0 radical (unpaired) electrons. The Kier molecular flexibility index (Phi) is 4.66. The topological polar surface area (TPSA) is 34.4 Å². The van der Waals surface area contributed by atoms with E-state index in [4.69, 9.17) is 9.15 Å². The SMILES string of the molecule is CCCNC(c1cc(C)oc1C)c1sccc1OC. The van der Waals surface area contributed by atoms with E-state index in [1.54, 1.807) is 18.4 Å². The van der Waals surface area contributed by atoms with Crippen LogP contribution in [0.1, 0.15) is 41.3 Å². The van der Waals surface area contributed by atoms with Gasteiger partial charge in [-0.05, 0) is 44.3 Å². The molecule has 3 nitrogen and oxygen atoms in total. The van der Waals surface area contributed by atoms with Gasteiger partial charge in [0.2, 0.25) is 0 Å². The largest absolute Gasteiger partial charge is 0.496 e. The van der Waals surface area contributed by atoms with Gasteiger partial charge < -0.3 is 14.5 Å². The van der Waals surface area contributed by atoms with Gasteiger partial charge >= 0.3 is 0 Å². The van der Waals surface area contributed by atoms with E-state index in [1.807, 2.05) is 19.9 Å². The van der Waals surface area contributed by atoms with E-state index in [-0.39, 0.29) is 6.04 Å². The Balaban J connectivity index is 2.38. The van der Waals surface area contributed by atoms with Crippen LogP contribution in [0.15, 0.2) is 21.9 Å². The number of ether oxygens (including phenoxy) is 1. The Hall–Kier alpha value is -1.26. The first-order valence-electron chi connectivity index (χ1n) is 6.59. The van der Waals surface area contributed by atoms with Crippen LogP contribution in [0.25, 0.3) is 0 Å². The van der Waals surface area contributed by atoms with E-state index in [1.165, 1.54) is 10.4 Å². The van der Waals surface area contributed by atoms with Gasteiger partial charge in [-0.2, -0.15) is 0 Å². The summed E-state index contributed by atoms with van der Waals surface area (Å²) in [7, 11) is 1.72. The molecule has 0 spiro atoms. The van der Waals surface area contributed by atoms with Crippen molar-refractivity contribution in [1.29, 1.82) is 0 Å². The molecule has 0 saturated heterocycles. The predicted octanol–water partition coefficient (Wildman–Crippen LogP) is 4.06. The summed E-state index contributed by atoms with van der Waals surface area (Å²) < 4.78 is 11.1. The molecule has 0 fully saturated rings. The van der Waals surface area contributed by atoms with Crippen molar-refractivity contribution in [2.75, 3.05) is 13.7 Å². The average molecular weight is 279 g/mol. The zero-order valence-corrected chi connectivity index (χ0v) is 12.8. The minimum Gasteiger partial charge on any atom is -0.496 e. The van der Waals surface area contributed by atoms with Gasteiger partial charge in [0.05, 0.1) is 18.0 Å². The van der Waals surface area contributed by atoms with Crippen molar-refractivity contribution in [3.8, 4) is 5.75 Å². The lowest BCUT2D eigenvalue weighted by Crippen LogP contribution is -2.23. The Labute approximate surface area is 118 Å². The van der Waals surface area contributed by atoms with Gasteiger partial charge in [0.1, 0.15) is 17.3 Å². The lowest BCUT2D eigenvalue weighted by molar-refractivity contribution is 0.406. The smallest absolute Gasteiger partial charge is 0.134 e. The van der Waals surface area contributed by atoms with Gasteiger partial charge in [0.25, 0.3) is 0 Å². The summed E-state index contributed by atoms with van der Waals surface area (Å²) >= 11 is 1.72. The highest BCUT2D eigenvalue weighted by Gasteiger charge is 2.22. The molecule has 0 bridgehead atoms. The third-order valence-electron chi connectivity index (χ3n) is 3.13. The Morgan fingerprint density at radius 1 is 1.42 bits per heavy atom. The first kappa shape index (κ1) is 14.2. The van der Waals surface area contributed by atoms with Gasteiger partial charge in [0.15, 0.2) is 0 Å². The molecule has 1 unspecified atom stereocenters. The highest BCUT2D eigenvalue weighted by molar-refractivity contribution is 7.10.